The summed E-state index contributed by atoms with van der Waals surface area (Å²) >= 11 is 1.37. The highest BCUT2D eigenvalue weighted by Crippen LogP contribution is 2.26. The third-order valence-corrected chi connectivity index (χ3v) is 5.33. The predicted molar refractivity (Wildman–Crippen MR) is 105 cm³/mol. The summed E-state index contributed by atoms with van der Waals surface area (Å²) in [6.45, 7) is 4.13. The Morgan fingerprint density at radius 3 is 2.46 bits per heavy atom. The number of hydrogen-bond acceptors (Lipinski definition) is 4. The van der Waals surface area contributed by atoms with Crippen molar-refractivity contribution in [3.8, 4) is 0 Å². The zero-order chi connectivity index (χ0) is 18.5. The number of fused-ring (bicyclic) bond motifs is 1. The van der Waals surface area contributed by atoms with E-state index < -0.39 is 12.1 Å². The average molecular weight is 367 g/mol. The number of hydrogen-bond donors (Lipinski definition) is 1. The van der Waals surface area contributed by atoms with Gasteiger partial charge in [0, 0.05) is 11.2 Å². The molecule has 0 spiro atoms. The second kappa shape index (κ2) is 8.15. The van der Waals surface area contributed by atoms with Gasteiger partial charge in [0.15, 0.2) is 6.10 Å². The molecule has 0 aliphatic heterocycles. The maximum Gasteiger partial charge on any atom is 0.349 e. The normalized spacial score (nSPS) is 13.2. The summed E-state index contributed by atoms with van der Waals surface area (Å²) in [6, 6.07) is 19.5. The van der Waals surface area contributed by atoms with Crippen molar-refractivity contribution in [3.63, 3.8) is 0 Å². The van der Waals surface area contributed by atoms with Gasteiger partial charge < -0.3 is 10.1 Å². The van der Waals surface area contributed by atoms with Crippen LogP contribution in [0.1, 0.15) is 35.0 Å². The first-order valence-electron chi connectivity index (χ1n) is 8.57. The van der Waals surface area contributed by atoms with Crippen molar-refractivity contribution in [1.29, 1.82) is 0 Å². The van der Waals surface area contributed by atoms with E-state index >= 15 is 0 Å². The molecule has 134 valence electrons. The van der Waals surface area contributed by atoms with Crippen LogP contribution in [0.3, 0.4) is 0 Å². The molecule has 0 fully saturated rings. The Morgan fingerprint density at radius 1 is 1.04 bits per heavy atom. The van der Waals surface area contributed by atoms with Gasteiger partial charge >= 0.3 is 5.97 Å². The average Bonchev–Trinajstić information content (AvgIpc) is 3.10. The van der Waals surface area contributed by atoms with Crippen LogP contribution >= 0.6 is 11.3 Å². The third-order valence-electron chi connectivity index (χ3n) is 4.23. The van der Waals surface area contributed by atoms with Gasteiger partial charge in [-0.3, -0.25) is 4.79 Å². The molecular formula is C21H21NO3S. The van der Waals surface area contributed by atoms with Gasteiger partial charge in [-0.15, -0.1) is 11.3 Å². The Hall–Kier alpha value is -2.66. The number of esters is 1. The number of carbonyl (C=O) groups is 2. The Balaban J connectivity index is 1.54. The molecule has 2 aromatic carbocycles. The maximum absolute atomic E-state index is 12.3. The summed E-state index contributed by atoms with van der Waals surface area (Å²) < 4.78 is 6.35. The fourth-order valence-corrected chi connectivity index (χ4v) is 3.60. The Labute approximate surface area is 156 Å². The predicted octanol–water partition coefficient (Wildman–Crippen LogP) is 4.37. The van der Waals surface area contributed by atoms with Gasteiger partial charge in [-0.05, 0) is 35.9 Å². The van der Waals surface area contributed by atoms with Crippen molar-refractivity contribution in [3.05, 3.63) is 71.1 Å². The fraction of sp³-hybridized carbons (Fsp3) is 0.238. The van der Waals surface area contributed by atoms with Gasteiger partial charge in [-0.2, -0.15) is 0 Å². The molecule has 4 nitrogen and oxygen atoms in total. The SMILES string of the molecule is C[C@@H](OC(=O)c1cc2ccccc2s1)C(=O)NC[C@H](C)c1ccccc1. The molecule has 1 N–H and O–H groups in total. The highest BCUT2D eigenvalue weighted by Gasteiger charge is 2.20. The summed E-state index contributed by atoms with van der Waals surface area (Å²) in [6.07, 6.45) is -0.837. The van der Waals surface area contributed by atoms with E-state index in [2.05, 4.69) is 5.32 Å². The highest BCUT2D eigenvalue weighted by molar-refractivity contribution is 7.20. The molecule has 1 amide bonds. The lowest BCUT2D eigenvalue weighted by atomic mass is 10.0. The first-order valence-corrected chi connectivity index (χ1v) is 9.38. The number of rotatable bonds is 6. The van der Waals surface area contributed by atoms with E-state index in [0.717, 1.165) is 15.6 Å². The van der Waals surface area contributed by atoms with Crippen LogP contribution < -0.4 is 5.32 Å². The van der Waals surface area contributed by atoms with Crippen molar-refractivity contribution in [2.45, 2.75) is 25.9 Å². The van der Waals surface area contributed by atoms with Gasteiger partial charge in [-0.25, -0.2) is 4.79 Å². The van der Waals surface area contributed by atoms with Crippen LogP contribution in [0.4, 0.5) is 0 Å². The molecule has 3 aromatic rings. The van der Waals surface area contributed by atoms with Crippen molar-refractivity contribution in [2.75, 3.05) is 6.54 Å². The second-order valence-corrected chi connectivity index (χ2v) is 7.34. The Kier molecular flexibility index (Phi) is 5.68. The summed E-state index contributed by atoms with van der Waals surface area (Å²) in [5.74, 6) is -0.571. The van der Waals surface area contributed by atoms with Gasteiger partial charge in [0.05, 0.1) is 0 Å². The highest BCUT2D eigenvalue weighted by atomic mass is 32.1. The lowest BCUT2D eigenvalue weighted by Crippen LogP contribution is -2.37. The van der Waals surface area contributed by atoms with Gasteiger partial charge in [-0.1, -0.05) is 55.5 Å². The number of benzene rings is 2. The molecule has 3 rings (SSSR count). The minimum atomic E-state index is -0.837. The van der Waals surface area contributed by atoms with E-state index in [4.69, 9.17) is 4.74 Å². The Morgan fingerprint density at radius 2 is 1.73 bits per heavy atom. The fourth-order valence-electron chi connectivity index (χ4n) is 2.65. The van der Waals surface area contributed by atoms with Crippen LogP contribution in [0, 0.1) is 0 Å². The largest absolute Gasteiger partial charge is 0.448 e. The monoisotopic (exact) mass is 367 g/mol. The third kappa shape index (κ3) is 4.29. The number of amides is 1. The maximum atomic E-state index is 12.3. The van der Waals surface area contributed by atoms with Crippen LogP contribution in [0.15, 0.2) is 60.7 Å². The summed E-state index contributed by atoms with van der Waals surface area (Å²) in [7, 11) is 0. The van der Waals surface area contributed by atoms with Crippen molar-refractivity contribution >= 4 is 33.3 Å². The molecule has 0 saturated heterocycles. The van der Waals surface area contributed by atoms with Gasteiger partial charge in [0.25, 0.3) is 5.91 Å². The smallest absolute Gasteiger partial charge is 0.349 e. The molecule has 1 aromatic heterocycles. The molecule has 0 unspecified atom stereocenters. The molecule has 0 radical (unpaired) electrons. The second-order valence-electron chi connectivity index (χ2n) is 6.25. The minimum absolute atomic E-state index is 0.186. The Bertz CT molecular complexity index is 871. The number of carbonyl (C=O) groups excluding carboxylic acids is 2. The summed E-state index contributed by atoms with van der Waals surface area (Å²) in [5, 5.41) is 3.85. The number of ether oxygens (including phenoxy) is 1. The minimum Gasteiger partial charge on any atom is -0.448 e. The van der Waals surface area contributed by atoms with E-state index in [1.807, 2.05) is 61.5 Å². The number of nitrogens with one attached hydrogen (secondary N) is 1. The van der Waals surface area contributed by atoms with E-state index in [1.54, 1.807) is 13.0 Å². The topological polar surface area (TPSA) is 55.4 Å². The van der Waals surface area contributed by atoms with Crippen molar-refractivity contribution in [1.82, 2.24) is 5.32 Å². The molecule has 1 heterocycles. The van der Waals surface area contributed by atoms with Gasteiger partial charge in [0.1, 0.15) is 4.88 Å². The van der Waals surface area contributed by atoms with E-state index in [-0.39, 0.29) is 11.8 Å². The summed E-state index contributed by atoms with van der Waals surface area (Å²) in [4.78, 5) is 25.0. The summed E-state index contributed by atoms with van der Waals surface area (Å²) in [5.41, 5.74) is 1.16. The van der Waals surface area contributed by atoms with Crippen molar-refractivity contribution < 1.29 is 14.3 Å². The quantitative estimate of drug-likeness (QED) is 0.658. The molecule has 0 saturated carbocycles. The number of thiophene rings is 1. The van der Waals surface area contributed by atoms with Crippen LogP contribution in [0.25, 0.3) is 10.1 Å². The molecule has 26 heavy (non-hydrogen) atoms. The molecule has 2 atom stereocenters. The molecule has 0 aliphatic rings. The molecule has 0 aliphatic carbocycles. The first kappa shape index (κ1) is 18.1. The first-order chi connectivity index (χ1) is 12.5. The zero-order valence-electron chi connectivity index (χ0n) is 14.8. The molecular weight excluding hydrogens is 346 g/mol. The van der Waals surface area contributed by atoms with Crippen LogP contribution in [-0.2, 0) is 9.53 Å². The van der Waals surface area contributed by atoms with E-state index in [0.29, 0.717) is 11.4 Å². The van der Waals surface area contributed by atoms with Gasteiger partial charge in [0.2, 0.25) is 0 Å². The van der Waals surface area contributed by atoms with Crippen LogP contribution in [-0.4, -0.2) is 24.5 Å². The van der Waals surface area contributed by atoms with Crippen molar-refractivity contribution in [2.24, 2.45) is 0 Å². The standard InChI is InChI=1S/C21H21NO3S/c1-14(16-8-4-3-5-9-16)13-22-20(23)15(2)25-21(24)19-12-17-10-6-7-11-18(17)26-19/h3-12,14-15H,13H2,1-2H3,(H,22,23)/t14-,15+/m0/s1. The zero-order valence-corrected chi connectivity index (χ0v) is 15.6. The lowest BCUT2D eigenvalue weighted by molar-refractivity contribution is -0.129. The van der Waals surface area contributed by atoms with Crippen LogP contribution in [0.2, 0.25) is 0 Å². The van der Waals surface area contributed by atoms with Crippen LogP contribution in [0.5, 0.6) is 0 Å². The van der Waals surface area contributed by atoms with E-state index in [9.17, 15) is 9.59 Å². The van der Waals surface area contributed by atoms with E-state index in [1.165, 1.54) is 11.3 Å². The molecule has 0 bridgehead atoms. The lowest BCUT2D eigenvalue weighted by Gasteiger charge is -2.16. The molecule has 5 heteroatoms.